The zero-order valence-corrected chi connectivity index (χ0v) is 11.4. The van der Waals surface area contributed by atoms with Crippen LogP contribution in [0.2, 0.25) is 0 Å². The molecule has 3 heteroatoms. The van der Waals surface area contributed by atoms with Crippen LogP contribution in [-0.4, -0.2) is 16.8 Å². The van der Waals surface area contributed by atoms with Crippen LogP contribution in [0.3, 0.4) is 0 Å². The van der Waals surface area contributed by atoms with Crippen molar-refractivity contribution >= 4 is 17.5 Å². The number of ketones is 1. The van der Waals surface area contributed by atoms with Crippen molar-refractivity contribution in [1.82, 2.24) is 0 Å². The molecule has 0 spiro atoms. The first kappa shape index (κ1) is 14.2. The molecule has 0 aromatic heterocycles. The fraction of sp³-hybridized carbons (Fsp3) is 0.500. The van der Waals surface area contributed by atoms with Crippen LogP contribution in [0.1, 0.15) is 37.6 Å². The Labute approximate surface area is 107 Å². The van der Waals surface area contributed by atoms with Gasteiger partial charge in [0.2, 0.25) is 0 Å². The van der Waals surface area contributed by atoms with Gasteiger partial charge < -0.3 is 0 Å². The zero-order valence-electron chi connectivity index (χ0n) is 10.6. The molecule has 0 amide bonds. The monoisotopic (exact) mass is 254 g/mol. The third-order valence-electron chi connectivity index (χ3n) is 2.81. The molecule has 0 heterocycles. The van der Waals surface area contributed by atoms with Gasteiger partial charge in [0.25, 0.3) is 0 Å². The number of hydrogen-bond donors (Lipinski definition) is 0. The van der Waals surface area contributed by atoms with Gasteiger partial charge in [0, 0.05) is 23.0 Å². The molecule has 1 unspecified atom stereocenters. The summed E-state index contributed by atoms with van der Waals surface area (Å²) in [5.41, 5.74) is 0.601. The van der Waals surface area contributed by atoms with E-state index in [1.165, 1.54) is 12.1 Å². The SMILES string of the molecule is CC(C)C(C)SCCC(=O)c1ccc(F)cc1. The van der Waals surface area contributed by atoms with Crippen LogP contribution in [0.25, 0.3) is 0 Å². The summed E-state index contributed by atoms with van der Waals surface area (Å²) in [5, 5.41) is 0.566. The molecule has 0 aliphatic carbocycles. The molecule has 0 bridgehead atoms. The topological polar surface area (TPSA) is 17.1 Å². The minimum atomic E-state index is -0.302. The smallest absolute Gasteiger partial charge is 0.163 e. The summed E-state index contributed by atoms with van der Waals surface area (Å²) in [4.78, 5) is 11.8. The van der Waals surface area contributed by atoms with E-state index in [1.807, 2.05) is 11.8 Å². The largest absolute Gasteiger partial charge is 0.294 e. The highest BCUT2D eigenvalue weighted by Gasteiger charge is 2.10. The van der Waals surface area contributed by atoms with Gasteiger partial charge >= 0.3 is 0 Å². The third-order valence-corrected chi connectivity index (χ3v) is 4.32. The zero-order chi connectivity index (χ0) is 12.8. The summed E-state index contributed by atoms with van der Waals surface area (Å²) in [6, 6.07) is 5.76. The van der Waals surface area contributed by atoms with E-state index in [4.69, 9.17) is 0 Å². The van der Waals surface area contributed by atoms with E-state index in [-0.39, 0.29) is 11.6 Å². The predicted octanol–water partition coefficient (Wildman–Crippen LogP) is 4.18. The average Bonchev–Trinajstić information content (AvgIpc) is 2.29. The molecule has 0 saturated carbocycles. The summed E-state index contributed by atoms with van der Waals surface area (Å²) in [6.45, 7) is 6.54. The van der Waals surface area contributed by atoms with Crippen LogP contribution in [0.5, 0.6) is 0 Å². The van der Waals surface area contributed by atoms with E-state index in [0.717, 1.165) is 5.75 Å². The van der Waals surface area contributed by atoms with Gasteiger partial charge in [0.15, 0.2) is 5.78 Å². The number of rotatable bonds is 6. The van der Waals surface area contributed by atoms with E-state index in [1.54, 1.807) is 12.1 Å². The third kappa shape index (κ3) is 4.90. The Balaban J connectivity index is 2.37. The van der Waals surface area contributed by atoms with Crippen molar-refractivity contribution in [1.29, 1.82) is 0 Å². The molecule has 94 valence electrons. The number of benzene rings is 1. The fourth-order valence-electron chi connectivity index (χ4n) is 1.31. The van der Waals surface area contributed by atoms with Crippen LogP contribution in [0.4, 0.5) is 4.39 Å². The van der Waals surface area contributed by atoms with E-state index >= 15 is 0 Å². The quantitative estimate of drug-likeness (QED) is 0.708. The highest BCUT2D eigenvalue weighted by atomic mass is 32.2. The molecular weight excluding hydrogens is 235 g/mol. The Morgan fingerprint density at radius 2 is 1.82 bits per heavy atom. The first-order chi connectivity index (χ1) is 8.00. The van der Waals surface area contributed by atoms with Crippen LogP contribution >= 0.6 is 11.8 Å². The number of carbonyl (C=O) groups excluding carboxylic acids is 1. The second-order valence-electron chi connectivity index (χ2n) is 4.50. The first-order valence-corrected chi connectivity index (χ1v) is 6.96. The molecule has 1 aromatic rings. The molecule has 17 heavy (non-hydrogen) atoms. The van der Waals surface area contributed by atoms with Gasteiger partial charge in [-0.3, -0.25) is 4.79 Å². The Hall–Kier alpha value is -0.830. The van der Waals surface area contributed by atoms with Crippen molar-refractivity contribution in [3.05, 3.63) is 35.6 Å². The summed E-state index contributed by atoms with van der Waals surface area (Å²) in [7, 11) is 0. The molecular formula is C14H19FOS. The predicted molar refractivity (Wildman–Crippen MR) is 72.1 cm³/mol. The van der Waals surface area contributed by atoms with Gasteiger partial charge in [-0.1, -0.05) is 20.8 Å². The molecule has 1 aromatic carbocycles. The van der Waals surface area contributed by atoms with Crippen molar-refractivity contribution < 1.29 is 9.18 Å². The highest BCUT2D eigenvalue weighted by molar-refractivity contribution is 7.99. The Morgan fingerprint density at radius 1 is 1.24 bits per heavy atom. The van der Waals surface area contributed by atoms with Crippen molar-refractivity contribution in [3.8, 4) is 0 Å². The van der Waals surface area contributed by atoms with Gasteiger partial charge in [-0.25, -0.2) is 4.39 Å². The average molecular weight is 254 g/mol. The standard InChI is InChI=1S/C14H19FOS/c1-10(2)11(3)17-9-8-14(16)12-4-6-13(15)7-5-12/h4-7,10-11H,8-9H2,1-3H3. The van der Waals surface area contributed by atoms with E-state index in [9.17, 15) is 9.18 Å². The van der Waals surface area contributed by atoms with Gasteiger partial charge in [-0.15, -0.1) is 0 Å². The van der Waals surface area contributed by atoms with Crippen LogP contribution in [0, 0.1) is 11.7 Å². The normalized spacial score (nSPS) is 12.8. The molecule has 0 saturated heterocycles. The highest BCUT2D eigenvalue weighted by Crippen LogP contribution is 2.20. The van der Waals surface area contributed by atoms with Crippen molar-refractivity contribution in [2.45, 2.75) is 32.4 Å². The lowest BCUT2D eigenvalue weighted by molar-refractivity contribution is 0.0989. The molecule has 1 rings (SSSR count). The summed E-state index contributed by atoms with van der Waals surface area (Å²) in [5.74, 6) is 1.24. The minimum absolute atomic E-state index is 0.0912. The van der Waals surface area contributed by atoms with Crippen LogP contribution in [0.15, 0.2) is 24.3 Å². The number of thioether (sulfide) groups is 1. The van der Waals surface area contributed by atoms with E-state index < -0.39 is 0 Å². The van der Waals surface area contributed by atoms with Crippen LogP contribution in [-0.2, 0) is 0 Å². The molecule has 1 nitrogen and oxygen atoms in total. The second kappa shape index (κ2) is 6.80. The number of Topliss-reactive ketones (excluding diaryl/α,β-unsaturated/α-hetero) is 1. The van der Waals surface area contributed by atoms with Crippen molar-refractivity contribution in [2.24, 2.45) is 5.92 Å². The maximum atomic E-state index is 12.7. The Bertz CT molecular complexity index is 359. The fourth-order valence-corrected chi connectivity index (χ4v) is 2.37. The van der Waals surface area contributed by atoms with Crippen molar-refractivity contribution in [2.75, 3.05) is 5.75 Å². The summed E-state index contributed by atoms with van der Waals surface area (Å²) < 4.78 is 12.7. The molecule has 0 radical (unpaired) electrons. The summed E-state index contributed by atoms with van der Waals surface area (Å²) in [6.07, 6.45) is 0.521. The number of hydrogen-bond acceptors (Lipinski definition) is 2. The molecule has 0 N–H and O–H groups in total. The lowest BCUT2D eigenvalue weighted by Crippen LogP contribution is -2.08. The molecule has 0 aliphatic rings. The van der Waals surface area contributed by atoms with Gasteiger partial charge in [-0.2, -0.15) is 11.8 Å². The molecule has 0 aliphatic heterocycles. The Kier molecular flexibility index (Phi) is 5.69. The maximum absolute atomic E-state index is 12.7. The lowest BCUT2D eigenvalue weighted by Gasteiger charge is -2.14. The van der Waals surface area contributed by atoms with E-state index in [2.05, 4.69) is 20.8 Å². The van der Waals surface area contributed by atoms with Crippen molar-refractivity contribution in [3.63, 3.8) is 0 Å². The maximum Gasteiger partial charge on any atom is 0.163 e. The first-order valence-electron chi connectivity index (χ1n) is 5.91. The minimum Gasteiger partial charge on any atom is -0.294 e. The lowest BCUT2D eigenvalue weighted by atomic mass is 10.1. The number of halogens is 1. The second-order valence-corrected chi connectivity index (χ2v) is 5.99. The summed E-state index contributed by atoms with van der Waals surface area (Å²) >= 11 is 1.82. The molecule has 0 fully saturated rings. The van der Waals surface area contributed by atoms with Gasteiger partial charge in [0.05, 0.1) is 0 Å². The molecule has 1 atom stereocenters. The number of carbonyl (C=O) groups is 1. The van der Waals surface area contributed by atoms with Crippen LogP contribution < -0.4 is 0 Å². The van der Waals surface area contributed by atoms with Gasteiger partial charge in [-0.05, 0) is 30.2 Å². The van der Waals surface area contributed by atoms with Gasteiger partial charge in [0.1, 0.15) is 5.82 Å². The Morgan fingerprint density at radius 3 is 2.35 bits per heavy atom. The van der Waals surface area contributed by atoms with E-state index in [0.29, 0.717) is 23.2 Å².